The van der Waals surface area contributed by atoms with Crippen molar-refractivity contribution in [3.05, 3.63) is 29.8 Å². The Balaban J connectivity index is 2.84. The lowest BCUT2D eigenvalue weighted by Crippen LogP contribution is -2.42. The van der Waals surface area contributed by atoms with E-state index in [-0.39, 0.29) is 16.8 Å². The number of carbonyl (C=O) groups excluding carboxylic acids is 1. The van der Waals surface area contributed by atoms with Gasteiger partial charge in [-0.15, -0.1) is 0 Å². The molecule has 1 unspecified atom stereocenters. The third-order valence-electron chi connectivity index (χ3n) is 3.36. The van der Waals surface area contributed by atoms with Gasteiger partial charge in [-0.25, -0.2) is 13.1 Å². The van der Waals surface area contributed by atoms with E-state index in [1.807, 2.05) is 13.8 Å². The summed E-state index contributed by atoms with van der Waals surface area (Å²) < 4.78 is 25.9. The van der Waals surface area contributed by atoms with E-state index in [9.17, 15) is 13.2 Å². The fraction of sp³-hybridized carbons (Fsp3) is 0.533. The predicted molar refractivity (Wildman–Crippen MR) is 86.7 cm³/mol. The molecule has 0 spiro atoms. The van der Waals surface area contributed by atoms with Gasteiger partial charge in [0.05, 0.1) is 17.0 Å². The monoisotopic (exact) mass is 327 g/mol. The second-order valence-electron chi connectivity index (χ2n) is 5.75. The molecule has 1 amide bonds. The summed E-state index contributed by atoms with van der Waals surface area (Å²) in [5.74, 6) is 0.100. The highest BCUT2D eigenvalue weighted by atomic mass is 32.2. The van der Waals surface area contributed by atoms with Crippen LogP contribution in [0.1, 0.15) is 38.8 Å². The number of nitrogens with one attached hydrogen (secondary N) is 2. The van der Waals surface area contributed by atoms with Gasteiger partial charge in [-0.05, 0) is 44.0 Å². The zero-order valence-electron chi connectivity index (χ0n) is 13.5. The quantitative estimate of drug-likeness (QED) is 0.699. The Bertz CT molecular complexity index is 614. The highest BCUT2D eigenvalue weighted by Crippen LogP contribution is 2.17. The molecule has 0 aliphatic rings. The number of benzene rings is 1. The maximum absolute atomic E-state index is 12.0. The first-order valence-corrected chi connectivity index (χ1v) is 8.75. The van der Waals surface area contributed by atoms with Gasteiger partial charge in [0, 0.05) is 0 Å². The molecule has 0 bridgehead atoms. The third-order valence-corrected chi connectivity index (χ3v) is 4.77. The molecule has 22 heavy (non-hydrogen) atoms. The standard InChI is InChI=1S/C15H25N3O3S/c1-10(2)8-14(16)15(19)18-11(3)12-6-5-7-13(9-12)22(20,21)17-4/h5-7,9-11,14,17H,8,16H2,1-4H3,(H,18,19)/t11?,14-/m0/s1. The summed E-state index contributed by atoms with van der Waals surface area (Å²) in [4.78, 5) is 12.2. The molecule has 124 valence electrons. The summed E-state index contributed by atoms with van der Waals surface area (Å²) in [6, 6.07) is 5.59. The largest absolute Gasteiger partial charge is 0.348 e. The Morgan fingerprint density at radius 2 is 1.91 bits per heavy atom. The van der Waals surface area contributed by atoms with Crippen molar-refractivity contribution >= 4 is 15.9 Å². The summed E-state index contributed by atoms with van der Waals surface area (Å²) in [5.41, 5.74) is 6.56. The molecule has 0 aliphatic carbocycles. The number of rotatable bonds is 7. The van der Waals surface area contributed by atoms with Crippen LogP contribution < -0.4 is 15.8 Å². The lowest BCUT2D eigenvalue weighted by Gasteiger charge is -2.19. The number of hydrogen-bond donors (Lipinski definition) is 3. The van der Waals surface area contributed by atoms with Crippen molar-refractivity contribution in [3.8, 4) is 0 Å². The SMILES string of the molecule is CNS(=O)(=O)c1cccc(C(C)NC(=O)[C@@H](N)CC(C)C)c1. The van der Waals surface area contributed by atoms with E-state index in [2.05, 4.69) is 10.0 Å². The topological polar surface area (TPSA) is 101 Å². The smallest absolute Gasteiger partial charge is 0.240 e. The third kappa shape index (κ3) is 5.08. The van der Waals surface area contributed by atoms with Crippen LogP contribution in [-0.2, 0) is 14.8 Å². The van der Waals surface area contributed by atoms with Crippen LogP contribution in [0.25, 0.3) is 0 Å². The average molecular weight is 327 g/mol. The Morgan fingerprint density at radius 3 is 2.45 bits per heavy atom. The molecule has 0 saturated heterocycles. The zero-order valence-corrected chi connectivity index (χ0v) is 14.3. The first kappa shape index (κ1) is 18.6. The Hall–Kier alpha value is -1.44. The Labute approximate surface area is 132 Å². The van der Waals surface area contributed by atoms with Crippen molar-refractivity contribution < 1.29 is 13.2 Å². The maximum atomic E-state index is 12.0. The van der Waals surface area contributed by atoms with Gasteiger partial charge in [-0.3, -0.25) is 4.79 Å². The molecule has 4 N–H and O–H groups in total. The minimum Gasteiger partial charge on any atom is -0.348 e. The normalized spacial score (nSPS) is 14.6. The zero-order chi connectivity index (χ0) is 16.9. The van der Waals surface area contributed by atoms with E-state index in [0.717, 1.165) is 0 Å². The van der Waals surface area contributed by atoms with Gasteiger partial charge >= 0.3 is 0 Å². The lowest BCUT2D eigenvalue weighted by molar-refractivity contribution is -0.123. The van der Waals surface area contributed by atoms with Crippen molar-refractivity contribution in [2.24, 2.45) is 11.7 Å². The maximum Gasteiger partial charge on any atom is 0.240 e. The first-order chi connectivity index (χ1) is 10.2. The molecule has 0 fully saturated rings. The van der Waals surface area contributed by atoms with Crippen molar-refractivity contribution in [2.75, 3.05) is 7.05 Å². The molecule has 6 nitrogen and oxygen atoms in total. The highest BCUT2D eigenvalue weighted by molar-refractivity contribution is 7.89. The molecule has 2 atom stereocenters. The molecule has 0 radical (unpaired) electrons. The number of nitrogens with two attached hydrogens (primary N) is 1. The fourth-order valence-electron chi connectivity index (χ4n) is 2.09. The van der Waals surface area contributed by atoms with Crippen molar-refractivity contribution in [1.29, 1.82) is 0 Å². The highest BCUT2D eigenvalue weighted by Gasteiger charge is 2.19. The predicted octanol–water partition coefficient (Wildman–Crippen LogP) is 1.15. The number of sulfonamides is 1. The van der Waals surface area contributed by atoms with Gasteiger partial charge in [0.2, 0.25) is 15.9 Å². The summed E-state index contributed by atoms with van der Waals surface area (Å²) in [7, 11) is -2.14. The van der Waals surface area contributed by atoms with Crippen molar-refractivity contribution in [3.63, 3.8) is 0 Å². The number of hydrogen-bond acceptors (Lipinski definition) is 4. The lowest BCUT2D eigenvalue weighted by atomic mass is 10.0. The van der Waals surface area contributed by atoms with Gasteiger partial charge < -0.3 is 11.1 Å². The van der Waals surface area contributed by atoms with Crippen LogP contribution in [0.3, 0.4) is 0 Å². The molecule has 1 aromatic carbocycles. The van der Waals surface area contributed by atoms with E-state index >= 15 is 0 Å². The summed E-state index contributed by atoms with van der Waals surface area (Å²) >= 11 is 0. The Morgan fingerprint density at radius 1 is 1.27 bits per heavy atom. The minimum atomic E-state index is -3.50. The molecule has 0 heterocycles. The van der Waals surface area contributed by atoms with Gasteiger partial charge in [0.15, 0.2) is 0 Å². The van der Waals surface area contributed by atoms with E-state index in [1.54, 1.807) is 25.1 Å². The van der Waals surface area contributed by atoms with Crippen LogP contribution in [-0.4, -0.2) is 27.4 Å². The van der Waals surface area contributed by atoms with Crippen molar-refractivity contribution in [2.45, 2.75) is 44.2 Å². The van der Waals surface area contributed by atoms with Crippen LogP contribution in [0.4, 0.5) is 0 Å². The van der Waals surface area contributed by atoms with E-state index in [1.165, 1.54) is 13.1 Å². The van der Waals surface area contributed by atoms with Crippen LogP contribution in [0, 0.1) is 5.92 Å². The summed E-state index contributed by atoms with van der Waals surface area (Å²) in [5, 5.41) is 2.82. The second kappa shape index (κ2) is 7.71. The summed E-state index contributed by atoms with van der Waals surface area (Å²) in [6.07, 6.45) is 0.604. The van der Waals surface area contributed by atoms with Crippen LogP contribution in [0.5, 0.6) is 0 Å². The molecule has 7 heteroatoms. The van der Waals surface area contributed by atoms with Gasteiger partial charge in [-0.1, -0.05) is 26.0 Å². The minimum absolute atomic E-state index is 0.167. The molecular weight excluding hydrogens is 302 g/mol. The molecule has 1 rings (SSSR count). The first-order valence-electron chi connectivity index (χ1n) is 7.26. The van der Waals surface area contributed by atoms with Crippen LogP contribution in [0.2, 0.25) is 0 Å². The average Bonchev–Trinajstić information content (AvgIpc) is 2.46. The Kier molecular flexibility index (Phi) is 6.52. The molecule has 1 aromatic rings. The van der Waals surface area contributed by atoms with E-state index in [0.29, 0.717) is 17.9 Å². The van der Waals surface area contributed by atoms with Crippen LogP contribution in [0.15, 0.2) is 29.2 Å². The van der Waals surface area contributed by atoms with Gasteiger partial charge in [0.25, 0.3) is 0 Å². The molecule has 0 aliphatic heterocycles. The van der Waals surface area contributed by atoms with Crippen molar-refractivity contribution in [1.82, 2.24) is 10.0 Å². The van der Waals surface area contributed by atoms with Gasteiger partial charge in [-0.2, -0.15) is 0 Å². The number of carbonyl (C=O) groups is 1. The van der Waals surface area contributed by atoms with E-state index in [4.69, 9.17) is 5.73 Å². The van der Waals surface area contributed by atoms with Crippen LogP contribution >= 0.6 is 0 Å². The van der Waals surface area contributed by atoms with Gasteiger partial charge in [0.1, 0.15) is 0 Å². The summed E-state index contributed by atoms with van der Waals surface area (Å²) in [6.45, 7) is 5.80. The molecule has 0 saturated carbocycles. The fourth-order valence-corrected chi connectivity index (χ4v) is 2.87. The molecule has 0 aromatic heterocycles. The number of amides is 1. The molecular formula is C15H25N3O3S. The second-order valence-corrected chi connectivity index (χ2v) is 7.63. The van der Waals surface area contributed by atoms with E-state index < -0.39 is 16.1 Å².